The molecule has 0 saturated heterocycles. The Hall–Kier alpha value is -2.40. The molecule has 7 atom stereocenters. The van der Waals surface area contributed by atoms with E-state index in [9.17, 15) is 15.0 Å². The summed E-state index contributed by atoms with van der Waals surface area (Å²) in [4.78, 5) is 15.3. The summed E-state index contributed by atoms with van der Waals surface area (Å²) < 4.78 is 16.0. The lowest BCUT2D eigenvalue weighted by atomic mass is 9.51. The van der Waals surface area contributed by atoms with Crippen molar-refractivity contribution in [2.24, 2.45) is 23.2 Å². The van der Waals surface area contributed by atoms with E-state index in [4.69, 9.17) is 0 Å². The van der Waals surface area contributed by atoms with Crippen molar-refractivity contribution in [2.75, 3.05) is 13.1 Å². The third-order valence-corrected chi connectivity index (χ3v) is 11.9. The van der Waals surface area contributed by atoms with Gasteiger partial charge in [0.05, 0.1) is 6.10 Å². The van der Waals surface area contributed by atoms with Gasteiger partial charge in [0.15, 0.2) is 0 Å². The fourth-order valence-electron chi connectivity index (χ4n) is 9.43. The fourth-order valence-corrected chi connectivity index (χ4v) is 9.43. The molecule has 248 valence electrons. The third-order valence-electron chi connectivity index (χ3n) is 11.9. The van der Waals surface area contributed by atoms with Gasteiger partial charge in [-0.25, -0.2) is 4.39 Å². The number of unbranched alkanes of at least 4 members (excludes halogenated alkanes) is 6. The van der Waals surface area contributed by atoms with Crippen molar-refractivity contribution in [1.29, 1.82) is 0 Å². The summed E-state index contributed by atoms with van der Waals surface area (Å²) in [7, 11) is 0. The van der Waals surface area contributed by atoms with E-state index >= 15 is 4.39 Å². The number of hydrogen-bond acceptors (Lipinski definition) is 3. The topological polar surface area (TPSA) is 60.8 Å². The Kier molecular flexibility index (Phi) is 12.0. The predicted octanol–water partition coefficient (Wildman–Crippen LogP) is 9.17. The molecule has 3 aliphatic carbocycles. The first-order chi connectivity index (χ1) is 21.8. The van der Waals surface area contributed by atoms with E-state index in [2.05, 4.69) is 43.0 Å². The maximum absolute atomic E-state index is 16.0. The Morgan fingerprint density at radius 1 is 0.956 bits per heavy atom. The quantitative estimate of drug-likeness (QED) is 0.184. The smallest absolute Gasteiger partial charge is 0.222 e. The number of benzene rings is 2. The molecule has 0 aliphatic heterocycles. The highest BCUT2D eigenvalue weighted by molar-refractivity contribution is 5.76. The van der Waals surface area contributed by atoms with Crippen molar-refractivity contribution in [3.8, 4) is 5.75 Å². The SMILES string of the molecule is CCCCCCN(CCCCCCC1Cc2cc(O)ccc2C2C(F)C[C@]3(C)C(O)CCC3C12)C(=O)CCCc1ccccc1. The van der Waals surface area contributed by atoms with E-state index < -0.39 is 12.3 Å². The lowest BCUT2D eigenvalue weighted by Gasteiger charge is -2.54. The first kappa shape index (κ1) is 33.9. The Balaban J connectivity index is 1.13. The summed E-state index contributed by atoms with van der Waals surface area (Å²) >= 11 is 0. The molecule has 6 unspecified atom stereocenters. The minimum absolute atomic E-state index is 0.128. The summed E-state index contributed by atoms with van der Waals surface area (Å²) in [6.45, 7) is 6.08. The molecular weight excluding hydrogens is 561 g/mol. The van der Waals surface area contributed by atoms with Crippen LogP contribution in [0.4, 0.5) is 4.39 Å². The average Bonchev–Trinajstić information content (AvgIpc) is 3.32. The van der Waals surface area contributed by atoms with E-state index in [-0.39, 0.29) is 23.0 Å². The van der Waals surface area contributed by atoms with Crippen LogP contribution < -0.4 is 0 Å². The molecular formula is C40H58FNO3. The number of aromatic hydroxyl groups is 1. The highest BCUT2D eigenvalue weighted by Crippen LogP contribution is 2.63. The molecule has 2 N–H and O–H groups in total. The van der Waals surface area contributed by atoms with Gasteiger partial charge in [0.25, 0.3) is 0 Å². The molecule has 45 heavy (non-hydrogen) atoms. The lowest BCUT2D eigenvalue weighted by molar-refractivity contribution is -0.131. The molecule has 2 aromatic rings. The van der Waals surface area contributed by atoms with E-state index in [0.29, 0.717) is 30.6 Å². The number of carbonyl (C=O) groups is 1. The summed E-state index contributed by atoms with van der Waals surface area (Å²) in [5.74, 6) is 1.42. The van der Waals surface area contributed by atoms with Crippen molar-refractivity contribution < 1.29 is 19.4 Å². The molecule has 0 bridgehead atoms. The van der Waals surface area contributed by atoms with Gasteiger partial charge in [0.1, 0.15) is 11.9 Å². The molecule has 3 aliphatic rings. The fraction of sp³-hybridized carbons (Fsp3) is 0.675. The van der Waals surface area contributed by atoms with E-state index in [0.717, 1.165) is 94.8 Å². The van der Waals surface area contributed by atoms with Gasteiger partial charge in [0.2, 0.25) is 5.91 Å². The molecule has 4 nitrogen and oxygen atoms in total. The van der Waals surface area contributed by atoms with Crippen LogP contribution >= 0.6 is 0 Å². The number of hydrogen-bond donors (Lipinski definition) is 2. The van der Waals surface area contributed by atoms with Crippen molar-refractivity contribution in [3.63, 3.8) is 0 Å². The van der Waals surface area contributed by atoms with Gasteiger partial charge < -0.3 is 15.1 Å². The zero-order valence-corrected chi connectivity index (χ0v) is 27.9. The van der Waals surface area contributed by atoms with Gasteiger partial charge in [-0.1, -0.05) is 88.8 Å². The second-order valence-electron chi connectivity index (χ2n) is 14.9. The molecule has 5 rings (SSSR count). The van der Waals surface area contributed by atoms with Gasteiger partial charge in [-0.2, -0.15) is 0 Å². The summed E-state index contributed by atoms with van der Waals surface area (Å²) in [6.07, 6.45) is 14.3. The number of fused-ring (bicyclic) bond motifs is 5. The van der Waals surface area contributed by atoms with Crippen molar-refractivity contribution in [2.45, 2.75) is 135 Å². The molecule has 2 fully saturated rings. The van der Waals surface area contributed by atoms with E-state index in [1.54, 1.807) is 6.07 Å². The molecule has 0 heterocycles. The van der Waals surface area contributed by atoms with Crippen LogP contribution in [0, 0.1) is 23.2 Å². The Bertz CT molecular complexity index is 1220. The number of amides is 1. The largest absolute Gasteiger partial charge is 0.508 e. The Labute approximate surface area is 271 Å². The molecule has 2 saturated carbocycles. The van der Waals surface area contributed by atoms with Crippen LogP contribution in [0.25, 0.3) is 0 Å². The van der Waals surface area contributed by atoms with Crippen LogP contribution in [0.3, 0.4) is 0 Å². The minimum Gasteiger partial charge on any atom is -0.508 e. The van der Waals surface area contributed by atoms with Gasteiger partial charge in [-0.05, 0) is 110 Å². The van der Waals surface area contributed by atoms with Gasteiger partial charge in [-0.3, -0.25) is 4.79 Å². The highest BCUT2D eigenvalue weighted by Gasteiger charge is 2.59. The Morgan fingerprint density at radius 2 is 1.69 bits per heavy atom. The molecule has 5 heteroatoms. The van der Waals surface area contributed by atoms with Crippen LogP contribution in [0.15, 0.2) is 48.5 Å². The van der Waals surface area contributed by atoms with Crippen LogP contribution in [-0.2, 0) is 17.6 Å². The predicted molar refractivity (Wildman–Crippen MR) is 181 cm³/mol. The minimum atomic E-state index is -0.955. The summed E-state index contributed by atoms with van der Waals surface area (Å²) in [5, 5.41) is 21.2. The number of alkyl halides is 1. The van der Waals surface area contributed by atoms with Crippen molar-refractivity contribution in [1.82, 2.24) is 4.90 Å². The second kappa shape index (κ2) is 15.9. The number of aliphatic hydroxyl groups is 1. The number of aryl methyl sites for hydroxylation is 1. The van der Waals surface area contributed by atoms with Crippen LogP contribution in [0.2, 0.25) is 0 Å². The molecule has 0 spiro atoms. The molecule has 0 aromatic heterocycles. The number of halogens is 1. The van der Waals surface area contributed by atoms with Gasteiger partial charge in [0, 0.05) is 25.4 Å². The summed E-state index contributed by atoms with van der Waals surface area (Å²) in [5.41, 5.74) is 3.18. The van der Waals surface area contributed by atoms with Crippen molar-refractivity contribution >= 4 is 5.91 Å². The average molecular weight is 620 g/mol. The number of aliphatic hydroxyl groups excluding tert-OH is 1. The number of nitrogens with zero attached hydrogens (tertiary/aromatic N) is 1. The van der Waals surface area contributed by atoms with Crippen molar-refractivity contribution in [3.05, 3.63) is 65.2 Å². The first-order valence-electron chi connectivity index (χ1n) is 18.3. The monoisotopic (exact) mass is 619 g/mol. The highest BCUT2D eigenvalue weighted by atomic mass is 19.1. The zero-order chi connectivity index (χ0) is 31.8. The molecule has 1 amide bonds. The van der Waals surface area contributed by atoms with Crippen LogP contribution in [0.1, 0.15) is 126 Å². The van der Waals surface area contributed by atoms with Gasteiger partial charge >= 0.3 is 0 Å². The van der Waals surface area contributed by atoms with E-state index in [1.165, 1.54) is 24.8 Å². The normalized spacial score (nSPS) is 28.7. The number of rotatable bonds is 16. The van der Waals surface area contributed by atoms with Crippen LogP contribution in [0.5, 0.6) is 5.75 Å². The second-order valence-corrected chi connectivity index (χ2v) is 14.9. The number of phenolic OH excluding ortho intramolecular Hbond substituents is 1. The molecule has 0 radical (unpaired) electrons. The third kappa shape index (κ3) is 8.13. The zero-order valence-electron chi connectivity index (χ0n) is 27.9. The van der Waals surface area contributed by atoms with Crippen LogP contribution in [-0.4, -0.2) is 46.4 Å². The van der Waals surface area contributed by atoms with E-state index in [1.807, 2.05) is 18.2 Å². The first-order valence-corrected chi connectivity index (χ1v) is 18.3. The maximum Gasteiger partial charge on any atom is 0.222 e. The lowest BCUT2D eigenvalue weighted by Crippen LogP contribution is -2.51. The standard InChI is InChI=1S/C40H58FNO3/c1-3-4-5-12-24-42(37(45)19-14-17-29-15-9-8-10-16-29)25-13-7-6-11-18-30-26-31-27-32(43)20-21-33(31)39-35(41)28-40(2)34(38(30)39)22-23-36(40)44/h8-10,15-16,20-21,27,30,34-36,38-39,43-44H,3-7,11-14,17-19,22-26,28H2,1-2H3/t30?,34?,35?,36?,38?,39?,40-/m0/s1. The number of phenols is 1. The molecule has 2 aromatic carbocycles. The maximum atomic E-state index is 16.0. The Morgan fingerprint density at radius 3 is 2.44 bits per heavy atom. The number of carbonyl (C=O) groups excluding carboxylic acids is 1. The van der Waals surface area contributed by atoms with Gasteiger partial charge in [-0.15, -0.1) is 0 Å². The summed E-state index contributed by atoms with van der Waals surface area (Å²) in [6, 6.07) is 16.0.